The third-order valence-electron chi connectivity index (χ3n) is 2.66. The highest BCUT2D eigenvalue weighted by Crippen LogP contribution is 2.30. The summed E-state index contributed by atoms with van der Waals surface area (Å²) in [5.74, 6) is -0.297. The van der Waals surface area contributed by atoms with Crippen LogP contribution in [0, 0.1) is 0 Å². The molecule has 0 saturated heterocycles. The zero-order chi connectivity index (χ0) is 9.97. The van der Waals surface area contributed by atoms with Crippen LogP contribution in [-0.2, 0) is 11.2 Å². The molecule has 0 fully saturated rings. The zero-order valence-electron chi connectivity index (χ0n) is 8.40. The molecular weight excluding hydrogens is 212 g/mol. The second-order valence-electron chi connectivity index (χ2n) is 3.64. The molecule has 0 spiro atoms. The number of fused-ring (bicyclic) bond motifs is 1. The number of nitrogens with two attached hydrogens (primary N) is 1. The summed E-state index contributed by atoms with van der Waals surface area (Å²) in [6, 6.07) is 8.64. The van der Waals surface area contributed by atoms with E-state index in [1.54, 1.807) is 0 Å². The van der Waals surface area contributed by atoms with Gasteiger partial charge in [0, 0.05) is 6.04 Å². The maximum atomic E-state index is 10.6. The van der Waals surface area contributed by atoms with E-state index in [1.165, 1.54) is 11.1 Å². The summed E-state index contributed by atoms with van der Waals surface area (Å²) < 4.78 is 0. The maximum absolute atomic E-state index is 10.6. The number of hydrogen-bond donors (Lipinski definition) is 2. The Morgan fingerprint density at radius 2 is 2.20 bits per heavy atom. The second kappa shape index (κ2) is 5.14. The molecule has 3 N–H and O–H groups in total. The first-order chi connectivity index (χ1) is 6.77. The molecule has 0 heterocycles. The number of rotatable bonds is 3. The van der Waals surface area contributed by atoms with Crippen molar-refractivity contribution in [2.75, 3.05) is 6.54 Å². The van der Waals surface area contributed by atoms with Crippen LogP contribution in [0.5, 0.6) is 0 Å². The lowest BCUT2D eigenvalue weighted by atomic mass is 10.1. The maximum Gasteiger partial charge on any atom is 0.231 e. The Bertz CT molecular complexity index is 354. The van der Waals surface area contributed by atoms with Gasteiger partial charge in [0.1, 0.15) is 0 Å². The van der Waals surface area contributed by atoms with Crippen LogP contribution in [0.3, 0.4) is 0 Å². The lowest BCUT2D eigenvalue weighted by molar-refractivity contribution is -0.117. The van der Waals surface area contributed by atoms with Crippen LogP contribution in [0.1, 0.15) is 23.6 Å². The molecule has 0 radical (unpaired) electrons. The normalized spacial score (nSPS) is 18.0. The van der Waals surface area contributed by atoms with Crippen molar-refractivity contribution in [2.24, 2.45) is 5.73 Å². The number of halogens is 1. The van der Waals surface area contributed by atoms with E-state index in [0.29, 0.717) is 6.04 Å². The summed E-state index contributed by atoms with van der Waals surface area (Å²) in [6.45, 7) is 0.263. The predicted molar refractivity (Wildman–Crippen MR) is 61.9 cm³/mol. The topological polar surface area (TPSA) is 55.1 Å². The Kier molecular flexibility index (Phi) is 4.12. The van der Waals surface area contributed by atoms with Gasteiger partial charge in [0.25, 0.3) is 0 Å². The van der Waals surface area contributed by atoms with Gasteiger partial charge in [0.05, 0.1) is 6.54 Å². The van der Waals surface area contributed by atoms with Crippen molar-refractivity contribution in [3.8, 4) is 0 Å². The SMILES string of the molecule is Cl.NC(=O)CN[C@@H]1CCc2ccccc21. The number of primary amides is 1. The van der Waals surface area contributed by atoms with E-state index in [9.17, 15) is 4.79 Å². The third kappa shape index (κ3) is 2.70. The summed E-state index contributed by atoms with van der Waals surface area (Å²) in [5.41, 5.74) is 7.79. The van der Waals surface area contributed by atoms with Crippen molar-refractivity contribution in [1.29, 1.82) is 0 Å². The van der Waals surface area contributed by atoms with Gasteiger partial charge in [-0.05, 0) is 24.0 Å². The first-order valence-corrected chi connectivity index (χ1v) is 4.87. The lowest BCUT2D eigenvalue weighted by Crippen LogP contribution is -2.30. The fourth-order valence-electron chi connectivity index (χ4n) is 1.99. The van der Waals surface area contributed by atoms with Crippen LogP contribution in [-0.4, -0.2) is 12.5 Å². The summed E-state index contributed by atoms with van der Waals surface area (Å²) in [5, 5.41) is 3.16. The van der Waals surface area contributed by atoms with Gasteiger partial charge in [-0.15, -0.1) is 12.4 Å². The van der Waals surface area contributed by atoms with Crippen molar-refractivity contribution < 1.29 is 4.79 Å². The molecule has 1 aromatic carbocycles. The van der Waals surface area contributed by atoms with Gasteiger partial charge in [0.15, 0.2) is 0 Å². The molecular formula is C11H15ClN2O. The Labute approximate surface area is 95.5 Å². The van der Waals surface area contributed by atoms with Crippen LogP contribution < -0.4 is 11.1 Å². The first kappa shape index (κ1) is 12.0. The summed E-state index contributed by atoms with van der Waals surface area (Å²) in [4.78, 5) is 10.6. The Hall–Kier alpha value is -1.06. The number of hydrogen-bond acceptors (Lipinski definition) is 2. The smallest absolute Gasteiger partial charge is 0.231 e. The second-order valence-corrected chi connectivity index (χ2v) is 3.64. The largest absolute Gasteiger partial charge is 0.369 e. The Morgan fingerprint density at radius 1 is 1.47 bits per heavy atom. The van der Waals surface area contributed by atoms with Gasteiger partial charge in [-0.3, -0.25) is 4.79 Å². The van der Waals surface area contributed by atoms with Gasteiger partial charge >= 0.3 is 0 Å². The minimum absolute atomic E-state index is 0. The molecule has 0 bridgehead atoms. The fourth-order valence-corrected chi connectivity index (χ4v) is 1.99. The van der Waals surface area contributed by atoms with Crippen molar-refractivity contribution >= 4 is 18.3 Å². The third-order valence-corrected chi connectivity index (χ3v) is 2.66. The minimum atomic E-state index is -0.297. The number of carbonyl (C=O) groups is 1. The number of benzene rings is 1. The van der Waals surface area contributed by atoms with Crippen molar-refractivity contribution in [3.05, 3.63) is 35.4 Å². The summed E-state index contributed by atoms with van der Waals surface area (Å²) in [6.07, 6.45) is 2.15. The summed E-state index contributed by atoms with van der Waals surface area (Å²) >= 11 is 0. The molecule has 1 atom stereocenters. The average Bonchev–Trinajstić information content (AvgIpc) is 2.58. The number of aryl methyl sites for hydroxylation is 1. The number of carbonyl (C=O) groups excluding carboxylic acids is 1. The van der Waals surface area contributed by atoms with Gasteiger partial charge in [-0.25, -0.2) is 0 Å². The molecule has 0 aliphatic heterocycles. The minimum Gasteiger partial charge on any atom is -0.369 e. The highest BCUT2D eigenvalue weighted by Gasteiger charge is 2.21. The van der Waals surface area contributed by atoms with Crippen molar-refractivity contribution in [1.82, 2.24) is 5.32 Å². The van der Waals surface area contributed by atoms with Crippen LogP contribution in [0.15, 0.2) is 24.3 Å². The zero-order valence-corrected chi connectivity index (χ0v) is 9.22. The van der Waals surface area contributed by atoms with E-state index < -0.39 is 0 Å². The molecule has 3 nitrogen and oxygen atoms in total. The van der Waals surface area contributed by atoms with Crippen molar-refractivity contribution in [2.45, 2.75) is 18.9 Å². The van der Waals surface area contributed by atoms with Crippen LogP contribution in [0.4, 0.5) is 0 Å². The van der Waals surface area contributed by atoms with Crippen LogP contribution in [0.25, 0.3) is 0 Å². The van der Waals surface area contributed by atoms with Crippen molar-refractivity contribution in [3.63, 3.8) is 0 Å². The highest BCUT2D eigenvalue weighted by molar-refractivity contribution is 5.85. The summed E-state index contributed by atoms with van der Waals surface area (Å²) in [7, 11) is 0. The molecule has 15 heavy (non-hydrogen) atoms. The number of amides is 1. The molecule has 1 aliphatic carbocycles. The molecule has 4 heteroatoms. The molecule has 0 saturated carbocycles. The van der Waals surface area contributed by atoms with E-state index in [-0.39, 0.29) is 24.9 Å². The van der Waals surface area contributed by atoms with E-state index in [4.69, 9.17) is 5.73 Å². The van der Waals surface area contributed by atoms with E-state index in [1.807, 2.05) is 6.07 Å². The highest BCUT2D eigenvalue weighted by atomic mass is 35.5. The van der Waals surface area contributed by atoms with Crippen LogP contribution in [0.2, 0.25) is 0 Å². The molecule has 1 aliphatic rings. The fraction of sp³-hybridized carbons (Fsp3) is 0.364. The van der Waals surface area contributed by atoms with Gasteiger partial charge in [0.2, 0.25) is 5.91 Å². The molecule has 0 aromatic heterocycles. The van der Waals surface area contributed by atoms with E-state index >= 15 is 0 Å². The molecule has 0 unspecified atom stereocenters. The van der Waals surface area contributed by atoms with Gasteiger partial charge < -0.3 is 11.1 Å². The van der Waals surface area contributed by atoms with E-state index in [2.05, 4.69) is 23.5 Å². The monoisotopic (exact) mass is 226 g/mol. The number of nitrogens with one attached hydrogen (secondary N) is 1. The average molecular weight is 227 g/mol. The molecule has 2 rings (SSSR count). The molecule has 82 valence electrons. The standard InChI is InChI=1S/C11H14N2O.ClH/c12-11(14)7-13-10-6-5-8-3-1-2-4-9(8)10;/h1-4,10,13H,5-7H2,(H2,12,14);1H/t10-;/m1./s1. The first-order valence-electron chi connectivity index (χ1n) is 4.87. The predicted octanol–water partition coefficient (Wildman–Crippen LogP) is 1.17. The molecule has 1 amide bonds. The Morgan fingerprint density at radius 3 is 2.93 bits per heavy atom. The van der Waals surface area contributed by atoms with Crippen LogP contribution >= 0.6 is 12.4 Å². The van der Waals surface area contributed by atoms with Gasteiger partial charge in [-0.1, -0.05) is 24.3 Å². The molecule has 1 aromatic rings. The quantitative estimate of drug-likeness (QED) is 0.813. The van der Waals surface area contributed by atoms with E-state index in [0.717, 1.165) is 12.8 Å². The Balaban J connectivity index is 0.00000112. The lowest BCUT2D eigenvalue weighted by Gasteiger charge is -2.11. The van der Waals surface area contributed by atoms with Gasteiger partial charge in [-0.2, -0.15) is 0 Å².